The number of anilines is 1. The van der Waals surface area contributed by atoms with E-state index in [1.807, 2.05) is 6.20 Å². The fraction of sp³-hybridized carbons (Fsp3) is 0.400. The van der Waals surface area contributed by atoms with Crippen LogP contribution in [0.25, 0.3) is 32.5 Å². The second kappa shape index (κ2) is 10.5. The normalized spacial score (nSPS) is 16.9. The number of hydrogen-bond donors (Lipinski definition) is 2. The number of fused-ring (bicyclic) bond motifs is 2. The van der Waals surface area contributed by atoms with Gasteiger partial charge in [-0.25, -0.2) is 9.97 Å². The average Bonchev–Trinajstić information content (AvgIpc) is 3.51. The lowest BCUT2D eigenvalue weighted by molar-refractivity contribution is 0.122. The molecule has 0 radical (unpaired) electrons. The first kappa shape index (κ1) is 22.7. The summed E-state index contributed by atoms with van der Waals surface area (Å²) in [6, 6.07) is 12.5. The van der Waals surface area contributed by atoms with Gasteiger partial charge in [-0.05, 0) is 18.2 Å². The van der Waals surface area contributed by atoms with Crippen molar-refractivity contribution in [2.24, 2.45) is 0 Å². The number of nitrogens with one attached hydrogen (secondary N) is 2. The van der Waals surface area contributed by atoms with Gasteiger partial charge in [0.1, 0.15) is 10.6 Å². The van der Waals surface area contributed by atoms with Gasteiger partial charge in [-0.2, -0.15) is 5.26 Å². The van der Waals surface area contributed by atoms with E-state index in [0.717, 1.165) is 92.0 Å². The van der Waals surface area contributed by atoms with Gasteiger partial charge in [0.15, 0.2) is 5.82 Å². The van der Waals surface area contributed by atoms with E-state index < -0.39 is 0 Å². The second-order valence-corrected chi connectivity index (χ2v) is 9.51. The minimum Gasteiger partial charge on any atom is -0.378 e. The van der Waals surface area contributed by atoms with Crippen LogP contribution in [0.3, 0.4) is 0 Å². The van der Waals surface area contributed by atoms with Gasteiger partial charge in [0, 0.05) is 80.3 Å². The van der Waals surface area contributed by atoms with Crippen LogP contribution in [0.5, 0.6) is 0 Å². The molecule has 34 heavy (non-hydrogen) atoms. The number of thiophene rings is 1. The van der Waals surface area contributed by atoms with Crippen LogP contribution >= 0.6 is 11.3 Å². The molecule has 5 heterocycles. The van der Waals surface area contributed by atoms with Crippen molar-refractivity contribution in [1.29, 1.82) is 5.26 Å². The molecule has 0 bridgehead atoms. The molecule has 6 rings (SSSR count). The molecule has 2 aliphatic heterocycles. The predicted octanol–water partition coefficient (Wildman–Crippen LogP) is 3.61. The monoisotopic (exact) mass is 475 g/mol. The molecule has 0 aliphatic carbocycles. The Bertz CT molecular complexity index is 1300. The van der Waals surface area contributed by atoms with Crippen LogP contribution in [0.4, 0.5) is 5.82 Å². The van der Waals surface area contributed by atoms with E-state index in [4.69, 9.17) is 20.0 Å². The van der Waals surface area contributed by atoms with Crippen molar-refractivity contribution < 1.29 is 4.74 Å². The highest BCUT2D eigenvalue weighted by molar-refractivity contribution is 7.18. The molecule has 2 saturated heterocycles. The van der Waals surface area contributed by atoms with Crippen molar-refractivity contribution >= 4 is 38.3 Å². The maximum absolute atomic E-state index is 7.32. The molecule has 4 aromatic rings. The molecule has 0 atom stereocenters. The number of rotatable bonds is 4. The Kier molecular flexibility index (Phi) is 7.02. The van der Waals surface area contributed by atoms with Crippen LogP contribution in [0.1, 0.15) is 11.8 Å². The van der Waals surface area contributed by atoms with E-state index in [-0.39, 0.29) is 0 Å². The lowest BCUT2D eigenvalue weighted by Gasteiger charge is -2.28. The van der Waals surface area contributed by atoms with Gasteiger partial charge < -0.3 is 19.9 Å². The van der Waals surface area contributed by atoms with E-state index in [1.54, 1.807) is 17.4 Å². The van der Waals surface area contributed by atoms with Gasteiger partial charge in [0.2, 0.25) is 0 Å². The third-order valence-corrected chi connectivity index (χ3v) is 7.17. The van der Waals surface area contributed by atoms with E-state index in [1.165, 1.54) is 17.2 Å². The highest BCUT2D eigenvalue weighted by Gasteiger charge is 2.21. The molecule has 8 nitrogen and oxygen atoms in total. The van der Waals surface area contributed by atoms with Gasteiger partial charge in [-0.1, -0.05) is 12.1 Å². The van der Waals surface area contributed by atoms with E-state index in [9.17, 15) is 0 Å². The zero-order valence-corrected chi connectivity index (χ0v) is 20.2. The highest BCUT2D eigenvalue weighted by Crippen LogP contribution is 2.35. The summed E-state index contributed by atoms with van der Waals surface area (Å²) in [6.07, 6.45) is 1.98. The Balaban J connectivity index is 0.000000764. The van der Waals surface area contributed by atoms with E-state index in [0.29, 0.717) is 0 Å². The maximum atomic E-state index is 7.32. The van der Waals surface area contributed by atoms with Crippen LogP contribution in [0.2, 0.25) is 0 Å². The first-order valence-corrected chi connectivity index (χ1v) is 12.5. The predicted molar refractivity (Wildman–Crippen MR) is 137 cm³/mol. The standard InChI is InChI=1S/C23H26N6OS.C2H3N/c1-2-18(17-4-5-25-20(17)3-1)21-26-22(29-10-12-30-13-11-29)19-14-16(31-23(19)27-21)15-28-8-6-24-7-9-28;1-2-3/h1-5,14,24-25H,6-13,15H2;1H3. The summed E-state index contributed by atoms with van der Waals surface area (Å²) in [5, 5.41) is 13.1. The molecule has 0 spiro atoms. The van der Waals surface area contributed by atoms with Crippen LogP contribution in [0.15, 0.2) is 36.5 Å². The first-order valence-electron chi connectivity index (χ1n) is 11.7. The van der Waals surface area contributed by atoms with Crippen molar-refractivity contribution in [3.05, 3.63) is 41.4 Å². The number of nitrogens with zero attached hydrogens (tertiary/aromatic N) is 5. The number of hydrogen-bond acceptors (Lipinski definition) is 8. The van der Waals surface area contributed by atoms with Crippen LogP contribution in [-0.2, 0) is 11.3 Å². The van der Waals surface area contributed by atoms with Crippen LogP contribution < -0.4 is 10.2 Å². The third kappa shape index (κ3) is 4.76. The lowest BCUT2D eigenvalue weighted by atomic mass is 10.1. The Morgan fingerprint density at radius 3 is 2.68 bits per heavy atom. The first-order chi connectivity index (χ1) is 16.8. The van der Waals surface area contributed by atoms with E-state index >= 15 is 0 Å². The Morgan fingerprint density at radius 1 is 1.09 bits per heavy atom. The van der Waals surface area contributed by atoms with Gasteiger partial charge in [-0.15, -0.1) is 11.3 Å². The van der Waals surface area contributed by atoms with Gasteiger partial charge in [-0.3, -0.25) is 4.90 Å². The lowest BCUT2D eigenvalue weighted by Crippen LogP contribution is -2.42. The molecule has 2 aliphatic rings. The number of benzene rings is 1. The van der Waals surface area contributed by atoms with E-state index in [2.05, 4.69) is 50.4 Å². The summed E-state index contributed by atoms with van der Waals surface area (Å²) in [5.41, 5.74) is 2.19. The zero-order chi connectivity index (χ0) is 23.3. The van der Waals surface area contributed by atoms with Crippen molar-refractivity contribution in [3.8, 4) is 17.5 Å². The maximum Gasteiger partial charge on any atom is 0.163 e. The average molecular weight is 476 g/mol. The van der Waals surface area contributed by atoms with Crippen LogP contribution in [0, 0.1) is 11.3 Å². The molecule has 0 saturated carbocycles. The summed E-state index contributed by atoms with van der Waals surface area (Å²) in [7, 11) is 0. The number of ether oxygens (including phenoxy) is 1. The zero-order valence-electron chi connectivity index (χ0n) is 19.4. The highest BCUT2D eigenvalue weighted by atomic mass is 32.1. The van der Waals surface area contributed by atoms with Crippen molar-refractivity contribution in [2.75, 3.05) is 57.4 Å². The van der Waals surface area contributed by atoms with Crippen molar-refractivity contribution in [1.82, 2.24) is 25.2 Å². The van der Waals surface area contributed by atoms with Crippen molar-refractivity contribution in [3.63, 3.8) is 0 Å². The largest absolute Gasteiger partial charge is 0.378 e. The number of piperazine rings is 1. The number of nitriles is 1. The smallest absolute Gasteiger partial charge is 0.163 e. The van der Waals surface area contributed by atoms with Gasteiger partial charge in [0.25, 0.3) is 0 Å². The molecule has 2 N–H and O–H groups in total. The molecular formula is C25H29N7OS. The molecule has 3 aromatic heterocycles. The van der Waals surface area contributed by atoms with Crippen molar-refractivity contribution in [2.45, 2.75) is 13.5 Å². The second-order valence-electron chi connectivity index (χ2n) is 8.40. The number of aromatic nitrogens is 3. The number of morpholine rings is 1. The SMILES string of the molecule is CC#N.c1cc(-c2nc(N3CCOCC3)c3cc(CN4CCNCC4)sc3n2)c2cc[nH]c2c1. The topological polar surface area (TPSA) is 93.1 Å². The third-order valence-electron chi connectivity index (χ3n) is 6.16. The fourth-order valence-corrected chi connectivity index (χ4v) is 5.61. The molecule has 1 aromatic carbocycles. The molecular weight excluding hydrogens is 446 g/mol. The summed E-state index contributed by atoms with van der Waals surface area (Å²) in [4.78, 5) is 20.8. The van der Waals surface area contributed by atoms with Gasteiger partial charge >= 0.3 is 0 Å². The summed E-state index contributed by atoms with van der Waals surface area (Å²) in [5.74, 6) is 1.84. The summed E-state index contributed by atoms with van der Waals surface area (Å²) in [6.45, 7) is 9.94. The fourth-order valence-electron chi connectivity index (χ4n) is 4.54. The van der Waals surface area contributed by atoms with Gasteiger partial charge in [0.05, 0.1) is 24.7 Å². The quantitative estimate of drug-likeness (QED) is 0.466. The summed E-state index contributed by atoms with van der Waals surface area (Å²) < 4.78 is 5.60. The Labute approximate surface area is 203 Å². The molecule has 176 valence electrons. The molecule has 2 fully saturated rings. The van der Waals surface area contributed by atoms with Crippen LogP contribution in [-0.4, -0.2) is 72.3 Å². The minimum atomic E-state index is 0.742. The summed E-state index contributed by atoms with van der Waals surface area (Å²) >= 11 is 1.81. The Morgan fingerprint density at radius 2 is 1.88 bits per heavy atom. The molecule has 9 heteroatoms. The number of aromatic amines is 1. The number of H-pyrrole nitrogens is 1. The Hall–Kier alpha value is -3.03. The minimum absolute atomic E-state index is 0.742. The molecule has 0 amide bonds. The molecule has 0 unspecified atom stereocenters.